The molecule has 122 valence electrons. The van der Waals surface area contributed by atoms with Gasteiger partial charge in [-0.25, -0.2) is 4.39 Å². The average Bonchev–Trinajstić information content (AvgIpc) is 2.98. The van der Waals surface area contributed by atoms with Gasteiger partial charge >= 0.3 is 0 Å². The van der Waals surface area contributed by atoms with E-state index < -0.39 is 0 Å². The van der Waals surface area contributed by atoms with Crippen LogP contribution in [0.3, 0.4) is 0 Å². The molecule has 1 N–H and O–H groups in total. The van der Waals surface area contributed by atoms with Crippen LogP contribution in [0.1, 0.15) is 43.7 Å². The Balaban J connectivity index is 1.70. The van der Waals surface area contributed by atoms with Crippen LogP contribution in [0.5, 0.6) is 0 Å². The molecule has 0 aromatic heterocycles. The molecule has 2 aromatic rings. The van der Waals surface area contributed by atoms with Crippen LogP contribution in [-0.2, 0) is 5.41 Å². The molecule has 2 atom stereocenters. The highest BCUT2D eigenvalue weighted by Gasteiger charge is 2.32. The molecule has 1 aliphatic rings. The van der Waals surface area contributed by atoms with E-state index in [4.69, 9.17) is 11.6 Å². The Morgan fingerprint density at radius 1 is 1.13 bits per heavy atom. The fourth-order valence-electron chi connectivity index (χ4n) is 3.67. The van der Waals surface area contributed by atoms with Gasteiger partial charge in [0.05, 0.1) is 5.02 Å². The van der Waals surface area contributed by atoms with Crippen molar-refractivity contribution in [2.45, 2.75) is 44.1 Å². The molecule has 0 aliphatic carbocycles. The molecule has 0 spiro atoms. The van der Waals surface area contributed by atoms with Gasteiger partial charge in [0.2, 0.25) is 0 Å². The van der Waals surface area contributed by atoms with Crippen LogP contribution >= 0.6 is 11.6 Å². The molecule has 2 unspecified atom stereocenters. The van der Waals surface area contributed by atoms with E-state index in [0.717, 1.165) is 24.9 Å². The van der Waals surface area contributed by atoms with Crippen LogP contribution < -0.4 is 5.32 Å². The summed E-state index contributed by atoms with van der Waals surface area (Å²) in [5, 5.41) is 3.79. The lowest BCUT2D eigenvalue weighted by atomic mass is 9.78. The van der Waals surface area contributed by atoms with Crippen molar-refractivity contribution in [1.82, 2.24) is 5.32 Å². The first-order chi connectivity index (χ1) is 11.0. The highest BCUT2D eigenvalue weighted by Crippen LogP contribution is 2.36. The Hall–Kier alpha value is -1.38. The zero-order valence-electron chi connectivity index (χ0n) is 13.7. The van der Waals surface area contributed by atoms with Crippen LogP contribution in [-0.4, -0.2) is 12.6 Å². The highest BCUT2D eigenvalue weighted by molar-refractivity contribution is 6.30. The van der Waals surface area contributed by atoms with Crippen LogP contribution in [0.25, 0.3) is 0 Å². The highest BCUT2D eigenvalue weighted by atomic mass is 35.5. The van der Waals surface area contributed by atoms with E-state index >= 15 is 0 Å². The fourth-order valence-corrected chi connectivity index (χ4v) is 3.85. The third-order valence-electron chi connectivity index (χ3n) is 4.96. The smallest absolute Gasteiger partial charge is 0.145 e. The van der Waals surface area contributed by atoms with E-state index in [1.807, 2.05) is 18.2 Å². The first kappa shape index (κ1) is 16.5. The SMILES string of the molecule is CC(C)(CC1CC(c2cccc(Cl)c2F)CN1)c1ccccc1. The van der Waals surface area contributed by atoms with Crippen molar-refractivity contribution in [2.75, 3.05) is 6.54 Å². The van der Waals surface area contributed by atoms with E-state index in [1.165, 1.54) is 5.56 Å². The molecule has 2 aromatic carbocycles. The van der Waals surface area contributed by atoms with Crippen LogP contribution in [0.4, 0.5) is 4.39 Å². The van der Waals surface area contributed by atoms with E-state index in [-0.39, 0.29) is 22.2 Å². The topological polar surface area (TPSA) is 12.0 Å². The molecule has 3 rings (SSSR count). The lowest BCUT2D eigenvalue weighted by molar-refractivity contribution is 0.399. The Bertz CT molecular complexity index is 669. The van der Waals surface area contributed by atoms with Gasteiger partial charge < -0.3 is 5.32 Å². The van der Waals surface area contributed by atoms with Crippen LogP contribution in [0.15, 0.2) is 48.5 Å². The maximum Gasteiger partial charge on any atom is 0.145 e. The van der Waals surface area contributed by atoms with Crippen molar-refractivity contribution in [1.29, 1.82) is 0 Å². The van der Waals surface area contributed by atoms with Crippen LogP contribution in [0.2, 0.25) is 5.02 Å². The van der Waals surface area contributed by atoms with Crippen molar-refractivity contribution < 1.29 is 4.39 Å². The summed E-state index contributed by atoms with van der Waals surface area (Å²) < 4.78 is 14.2. The second-order valence-electron chi connectivity index (χ2n) is 7.13. The molecule has 1 fully saturated rings. The molecule has 1 saturated heterocycles. The summed E-state index contributed by atoms with van der Waals surface area (Å²) >= 11 is 5.92. The van der Waals surface area contributed by atoms with Gasteiger partial charge in [0.15, 0.2) is 0 Å². The van der Waals surface area contributed by atoms with Gasteiger partial charge in [-0.15, -0.1) is 0 Å². The van der Waals surface area contributed by atoms with Crippen molar-refractivity contribution in [3.63, 3.8) is 0 Å². The number of nitrogens with one attached hydrogen (secondary N) is 1. The Labute approximate surface area is 142 Å². The monoisotopic (exact) mass is 331 g/mol. The van der Waals surface area contributed by atoms with Crippen molar-refractivity contribution >= 4 is 11.6 Å². The third kappa shape index (κ3) is 3.59. The van der Waals surface area contributed by atoms with Crippen LogP contribution in [0, 0.1) is 5.82 Å². The lowest BCUT2D eigenvalue weighted by Gasteiger charge is -2.28. The molecule has 3 heteroatoms. The summed E-state index contributed by atoms with van der Waals surface area (Å²) in [5.41, 5.74) is 2.19. The van der Waals surface area contributed by atoms with Gasteiger partial charge in [-0.1, -0.05) is 67.9 Å². The molecular weight excluding hydrogens is 309 g/mol. The zero-order chi connectivity index (χ0) is 16.4. The zero-order valence-corrected chi connectivity index (χ0v) is 14.4. The van der Waals surface area contributed by atoms with E-state index in [0.29, 0.717) is 6.04 Å². The first-order valence-electron chi connectivity index (χ1n) is 8.20. The second kappa shape index (κ2) is 6.62. The lowest BCUT2D eigenvalue weighted by Crippen LogP contribution is -2.30. The van der Waals surface area contributed by atoms with Gasteiger partial charge in [0, 0.05) is 18.5 Å². The quantitative estimate of drug-likeness (QED) is 0.802. The average molecular weight is 332 g/mol. The maximum absolute atomic E-state index is 14.2. The van der Waals surface area contributed by atoms with Gasteiger partial charge in [0.25, 0.3) is 0 Å². The predicted octanol–water partition coefficient (Wildman–Crippen LogP) is 5.29. The molecule has 1 nitrogen and oxygen atoms in total. The molecule has 1 heterocycles. The molecule has 0 saturated carbocycles. The fraction of sp³-hybridized carbons (Fsp3) is 0.400. The van der Waals surface area contributed by atoms with Gasteiger partial charge in [0.1, 0.15) is 5.82 Å². The Kier molecular flexibility index (Phi) is 4.74. The van der Waals surface area contributed by atoms with E-state index in [1.54, 1.807) is 6.07 Å². The summed E-state index contributed by atoms with van der Waals surface area (Å²) in [6.45, 7) is 5.36. The molecule has 23 heavy (non-hydrogen) atoms. The predicted molar refractivity (Wildman–Crippen MR) is 94.6 cm³/mol. The van der Waals surface area contributed by atoms with Gasteiger partial charge in [-0.2, -0.15) is 0 Å². The minimum absolute atomic E-state index is 0.0979. The molecular formula is C20H23ClFN. The second-order valence-corrected chi connectivity index (χ2v) is 7.54. The summed E-state index contributed by atoms with van der Waals surface area (Å²) in [6, 6.07) is 16.3. The first-order valence-corrected chi connectivity index (χ1v) is 8.58. The maximum atomic E-state index is 14.2. The summed E-state index contributed by atoms with van der Waals surface area (Å²) in [4.78, 5) is 0. The number of halogens is 2. The molecule has 0 bridgehead atoms. The van der Waals surface area contributed by atoms with Gasteiger partial charge in [-0.05, 0) is 35.4 Å². The van der Waals surface area contributed by atoms with Crippen molar-refractivity contribution in [3.8, 4) is 0 Å². The minimum atomic E-state index is -0.260. The third-order valence-corrected chi connectivity index (χ3v) is 5.25. The normalized spacial score (nSPS) is 21.6. The largest absolute Gasteiger partial charge is 0.313 e. The summed E-state index contributed by atoms with van der Waals surface area (Å²) in [5.74, 6) is -0.0609. The Morgan fingerprint density at radius 2 is 1.87 bits per heavy atom. The van der Waals surface area contributed by atoms with E-state index in [9.17, 15) is 4.39 Å². The number of hydrogen-bond acceptors (Lipinski definition) is 1. The standard InChI is InChI=1S/C20H23ClFN/c1-20(2,15-7-4-3-5-8-15)12-16-11-14(13-23-16)17-9-6-10-18(21)19(17)22/h3-10,14,16,23H,11-13H2,1-2H3. The van der Waals surface area contributed by atoms with E-state index in [2.05, 4.69) is 43.4 Å². The molecule has 1 aliphatic heterocycles. The Morgan fingerprint density at radius 3 is 2.61 bits per heavy atom. The minimum Gasteiger partial charge on any atom is -0.313 e. The summed E-state index contributed by atoms with van der Waals surface area (Å²) in [7, 11) is 0. The summed E-state index contributed by atoms with van der Waals surface area (Å²) in [6.07, 6.45) is 1.99. The molecule has 0 amide bonds. The number of hydrogen-bond donors (Lipinski definition) is 1. The van der Waals surface area contributed by atoms with Crippen molar-refractivity contribution in [2.24, 2.45) is 0 Å². The van der Waals surface area contributed by atoms with Gasteiger partial charge in [-0.3, -0.25) is 0 Å². The number of rotatable bonds is 4. The number of benzene rings is 2. The van der Waals surface area contributed by atoms with Crippen molar-refractivity contribution in [3.05, 3.63) is 70.5 Å². The molecule has 0 radical (unpaired) electrons.